The third kappa shape index (κ3) is 2.06. The van der Waals surface area contributed by atoms with E-state index in [1.807, 2.05) is 0 Å². The molecule has 2 heterocycles. The smallest absolute Gasteiger partial charge is 0.345 e. The van der Waals surface area contributed by atoms with Gasteiger partial charge >= 0.3 is 18.0 Å². The third-order valence-electron chi connectivity index (χ3n) is 3.58. The van der Waals surface area contributed by atoms with E-state index < -0.39 is 24.0 Å². The quantitative estimate of drug-likeness (QED) is 0.732. The van der Waals surface area contributed by atoms with Gasteiger partial charge in [-0.05, 0) is 26.0 Å². The maximum Gasteiger partial charge on any atom is 0.463 e. The number of hydrogen-bond donors (Lipinski definition) is 0. The predicted molar refractivity (Wildman–Crippen MR) is 60.3 cm³/mol. The summed E-state index contributed by atoms with van der Waals surface area (Å²) in [5.74, 6) is -7.55. The van der Waals surface area contributed by atoms with Gasteiger partial charge in [-0.25, -0.2) is 0 Å². The van der Waals surface area contributed by atoms with Crippen molar-refractivity contribution in [3.8, 4) is 0 Å². The first-order valence-corrected chi connectivity index (χ1v) is 5.99. The average molecular weight is 296 g/mol. The van der Waals surface area contributed by atoms with E-state index in [0.29, 0.717) is 10.6 Å². The number of aromatic nitrogens is 1. The highest BCUT2D eigenvalue weighted by atomic mass is 19.4. The molecule has 112 valence electrons. The molecule has 0 N–H and O–H groups in total. The van der Waals surface area contributed by atoms with E-state index >= 15 is 0 Å². The number of carbonyl (C=O) groups is 1. The van der Waals surface area contributed by atoms with Gasteiger partial charge in [-0.2, -0.15) is 22.0 Å². The highest BCUT2D eigenvalue weighted by Gasteiger charge is 2.65. The highest BCUT2D eigenvalue weighted by molar-refractivity contribution is 5.85. The first kappa shape index (κ1) is 14.8. The van der Waals surface area contributed by atoms with Gasteiger partial charge in [0.05, 0.1) is 6.04 Å². The molecule has 0 aromatic carbocycles. The van der Waals surface area contributed by atoms with E-state index in [9.17, 15) is 26.7 Å². The zero-order valence-corrected chi connectivity index (χ0v) is 10.8. The van der Waals surface area contributed by atoms with Gasteiger partial charge in [-0.1, -0.05) is 0 Å². The summed E-state index contributed by atoms with van der Waals surface area (Å²) in [4.78, 5) is 12.1. The van der Waals surface area contributed by atoms with E-state index in [4.69, 9.17) is 0 Å². The van der Waals surface area contributed by atoms with Crippen molar-refractivity contribution in [2.75, 3.05) is 6.54 Å². The lowest BCUT2D eigenvalue weighted by molar-refractivity contribution is -0.275. The Labute approximate surface area is 112 Å². The lowest BCUT2D eigenvalue weighted by Crippen LogP contribution is -2.54. The van der Waals surface area contributed by atoms with Crippen molar-refractivity contribution in [2.24, 2.45) is 0 Å². The van der Waals surface area contributed by atoms with Crippen molar-refractivity contribution in [2.45, 2.75) is 38.5 Å². The van der Waals surface area contributed by atoms with Crippen LogP contribution in [0.4, 0.5) is 22.0 Å². The standard InChI is InChI=1S/C12H13F5N2O/c1-7-3-4-9-8(2)19(6-5-18(7)9)10(20)11(13,14)12(15,16)17/h3-4,8H,5-6H2,1-2H3. The first-order valence-electron chi connectivity index (χ1n) is 5.99. The second-order valence-corrected chi connectivity index (χ2v) is 4.80. The molecule has 1 aliphatic rings. The topological polar surface area (TPSA) is 25.2 Å². The van der Waals surface area contributed by atoms with Crippen LogP contribution in [0.25, 0.3) is 0 Å². The summed E-state index contributed by atoms with van der Waals surface area (Å²) in [6.45, 7) is 3.28. The van der Waals surface area contributed by atoms with Crippen LogP contribution in [0.3, 0.4) is 0 Å². The SMILES string of the molecule is Cc1ccc2n1CCN(C(=O)C(F)(F)C(F)(F)F)C2C. The Balaban J connectivity index is 2.30. The van der Waals surface area contributed by atoms with Crippen LogP contribution >= 0.6 is 0 Å². The van der Waals surface area contributed by atoms with Crippen molar-refractivity contribution >= 4 is 5.91 Å². The number of fused-ring (bicyclic) bond motifs is 1. The number of hydrogen-bond acceptors (Lipinski definition) is 1. The van der Waals surface area contributed by atoms with Crippen molar-refractivity contribution < 1.29 is 26.7 Å². The molecular formula is C12H13F5N2O. The fraction of sp³-hybridized carbons (Fsp3) is 0.583. The summed E-state index contributed by atoms with van der Waals surface area (Å²) >= 11 is 0. The van der Waals surface area contributed by atoms with Crippen molar-refractivity contribution in [1.29, 1.82) is 0 Å². The maximum absolute atomic E-state index is 13.1. The van der Waals surface area contributed by atoms with E-state index in [1.54, 1.807) is 23.6 Å². The largest absolute Gasteiger partial charge is 0.463 e. The van der Waals surface area contributed by atoms with E-state index in [-0.39, 0.29) is 13.1 Å². The Kier molecular flexibility index (Phi) is 3.30. The molecule has 1 aliphatic heterocycles. The van der Waals surface area contributed by atoms with Crippen molar-refractivity contribution in [1.82, 2.24) is 9.47 Å². The molecule has 3 nitrogen and oxygen atoms in total. The molecule has 8 heteroatoms. The van der Waals surface area contributed by atoms with Crippen LogP contribution in [0.1, 0.15) is 24.4 Å². The molecule has 1 aromatic rings. The van der Waals surface area contributed by atoms with Crippen LogP contribution < -0.4 is 0 Å². The Morgan fingerprint density at radius 2 is 1.80 bits per heavy atom. The number of aryl methyl sites for hydroxylation is 1. The van der Waals surface area contributed by atoms with Gasteiger partial charge in [0.15, 0.2) is 0 Å². The summed E-state index contributed by atoms with van der Waals surface area (Å²) in [5, 5.41) is 0. The molecule has 1 unspecified atom stereocenters. The van der Waals surface area contributed by atoms with Crippen LogP contribution in [0.2, 0.25) is 0 Å². The maximum atomic E-state index is 13.1. The van der Waals surface area contributed by atoms with E-state index in [0.717, 1.165) is 5.69 Å². The number of alkyl halides is 5. The molecule has 0 radical (unpaired) electrons. The lowest BCUT2D eigenvalue weighted by Gasteiger charge is -2.37. The van der Waals surface area contributed by atoms with Gasteiger partial charge in [-0.15, -0.1) is 0 Å². The zero-order chi connectivity index (χ0) is 15.3. The number of halogens is 5. The highest BCUT2D eigenvalue weighted by Crippen LogP contribution is 2.39. The van der Waals surface area contributed by atoms with E-state index in [2.05, 4.69) is 0 Å². The fourth-order valence-electron chi connectivity index (χ4n) is 2.40. The van der Waals surface area contributed by atoms with Crippen molar-refractivity contribution in [3.63, 3.8) is 0 Å². The number of rotatable bonds is 1. The minimum absolute atomic E-state index is 0.172. The summed E-state index contributed by atoms with van der Waals surface area (Å²) in [6, 6.07) is 2.55. The van der Waals surface area contributed by atoms with Gasteiger partial charge in [0, 0.05) is 24.5 Å². The van der Waals surface area contributed by atoms with Crippen LogP contribution in [0.15, 0.2) is 12.1 Å². The molecule has 0 fully saturated rings. The normalized spacial score (nSPS) is 19.9. The molecule has 0 spiro atoms. The number of carbonyl (C=O) groups excluding carboxylic acids is 1. The monoisotopic (exact) mass is 296 g/mol. The van der Waals surface area contributed by atoms with Gasteiger partial charge in [0.25, 0.3) is 0 Å². The molecule has 1 atom stereocenters. The summed E-state index contributed by atoms with van der Waals surface area (Å²) in [5.41, 5.74) is 1.43. The second-order valence-electron chi connectivity index (χ2n) is 4.80. The molecule has 1 amide bonds. The Hall–Kier alpha value is -1.60. The lowest BCUT2D eigenvalue weighted by atomic mass is 10.1. The molecule has 0 bridgehead atoms. The van der Waals surface area contributed by atoms with Crippen LogP contribution in [-0.4, -0.2) is 34.0 Å². The second kappa shape index (κ2) is 4.46. The summed E-state index contributed by atoms with van der Waals surface area (Å²) in [7, 11) is 0. The van der Waals surface area contributed by atoms with Crippen LogP contribution in [0, 0.1) is 6.92 Å². The fourth-order valence-corrected chi connectivity index (χ4v) is 2.40. The molecule has 20 heavy (non-hydrogen) atoms. The van der Waals surface area contributed by atoms with Gasteiger partial charge in [-0.3, -0.25) is 4.79 Å². The number of amides is 1. The first-order chi connectivity index (χ1) is 9.07. The minimum atomic E-state index is -5.88. The minimum Gasteiger partial charge on any atom is -0.345 e. The summed E-state index contributed by atoms with van der Waals surface area (Å²) < 4.78 is 64.9. The third-order valence-corrected chi connectivity index (χ3v) is 3.58. The number of nitrogens with zero attached hydrogens (tertiary/aromatic N) is 2. The Morgan fingerprint density at radius 1 is 1.20 bits per heavy atom. The zero-order valence-electron chi connectivity index (χ0n) is 10.8. The summed E-state index contributed by atoms with van der Waals surface area (Å²) in [6.07, 6.45) is -5.88. The molecule has 0 aliphatic carbocycles. The van der Waals surface area contributed by atoms with Crippen LogP contribution in [0.5, 0.6) is 0 Å². The Bertz CT molecular complexity index is 534. The molecule has 0 saturated carbocycles. The van der Waals surface area contributed by atoms with Crippen molar-refractivity contribution in [3.05, 3.63) is 23.5 Å². The predicted octanol–water partition coefficient (Wildman–Crippen LogP) is 2.90. The van der Waals surface area contributed by atoms with Gasteiger partial charge in [0.2, 0.25) is 0 Å². The van der Waals surface area contributed by atoms with E-state index in [1.165, 1.54) is 6.92 Å². The molecule has 1 aromatic heterocycles. The van der Waals surface area contributed by atoms with Crippen LogP contribution in [-0.2, 0) is 11.3 Å². The molecule has 0 saturated heterocycles. The van der Waals surface area contributed by atoms with Gasteiger partial charge in [0.1, 0.15) is 0 Å². The van der Waals surface area contributed by atoms with Gasteiger partial charge < -0.3 is 9.47 Å². The average Bonchev–Trinajstić information content (AvgIpc) is 2.70. The molecule has 2 rings (SSSR count). The molecular weight excluding hydrogens is 283 g/mol. The Morgan fingerprint density at radius 3 is 2.35 bits per heavy atom.